The number of nitrogens with zero attached hydrogens (tertiary/aromatic N) is 5. The van der Waals surface area contributed by atoms with Gasteiger partial charge < -0.3 is 20.0 Å². The summed E-state index contributed by atoms with van der Waals surface area (Å²) in [6.07, 6.45) is 5.97. The molecule has 1 saturated heterocycles. The second-order valence-electron chi connectivity index (χ2n) is 11.5. The number of fused-ring (bicyclic) bond motifs is 1. The summed E-state index contributed by atoms with van der Waals surface area (Å²) in [5, 5.41) is 32.2. The minimum Gasteiger partial charge on any atom is -0.386 e. The third-order valence-corrected chi connectivity index (χ3v) is 7.97. The van der Waals surface area contributed by atoms with Gasteiger partial charge in [-0.15, -0.1) is 0 Å². The molecule has 7 nitrogen and oxygen atoms in total. The predicted octanol–water partition coefficient (Wildman–Crippen LogP) is 5.31. The second kappa shape index (κ2) is 9.33. The molecule has 1 aliphatic heterocycles. The molecule has 4 aromatic rings. The van der Waals surface area contributed by atoms with E-state index >= 15 is 0 Å². The molecule has 1 atom stereocenters. The van der Waals surface area contributed by atoms with E-state index in [9.17, 15) is 15.5 Å². The van der Waals surface area contributed by atoms with Gasteiger partial charge in [0.15, 0.2) is 5.72 Å². The third kappa shape index (κ3) is 4.71. The van der Waals surface area contributed by atoms with E-state index in [0.717, 1.165) is 52.7 Å². The first-order chi connectivity index (χ1) is 18.7. The lowest BCUT2D eigenvalue weighted by Crippen LogP contribution is -2.61. The van der Waals surface area contributed by atoms with Gasteiger partial charge in [-0.25, -0.2) is 4.98 Å². The lowest BCUT2D eigenvalue weighted by molar-refractivity contribution is 0.0524. The number of rotatable bonds is 5. The number of pyridine rings is 2. The van der Waals surface area contributed by atoms with Crippen LogP contribution in [-0.2, 0) is 5.60 Å². The number of aromatic nitrogens is 2. The zero-order valence-corrected chi connectivity index (χ0v) is 22.6. The molecule has 0 amide bonds. The molecule has 1 saturated carbocycles. The Hall–Kier alpha value is -3.99. The minimum absolute atomic E-state index is 0.421. The maximum Gasteiger partial charge on any atom is 0.153 e. The zero-order chi connectivity index (χ0) is 27.4. The van der Waals surface area contributed by atoms with Crippen molar-refractivity contribution in [3.63, 3.8) is 0 Å². The lowest BCUT2D eigenvalue weighted by Gasteiger charge is -2.47. The molecule has 0 radical (unpaired) electrons. The molecule has 2 aliphatic rings. The Balaban J connectivity index is 1.33. The van der Waals surface area contributed by atoms with Crippen molar-refractivity contribution in [3.05, 3.63) is 83.7 Å². The summed E-state index contributed by atoms with van der Waals surface area (Å²) < 4.78 is 0. The molecule has 2 aromatic heterocycles. The Kier molecular flexibility index (Phi) is 6.05. The summed E-state index contributed by atoms with van der Waals surface area (Å²) in [5.41, 5.74) is 4.75. The van der Waals surface area contributed by atoms with Crippen LogP contribution < -0.4 is 9.80 Å². The van der Waals surface area contributed by atoms with Crippen LogP contribution in [-0.4, -0.2) is 45.5 Å². The topological polar surface area (TPSA) is 96.5 Å². The van der Waals surface area contributed by atoms with Gasteiger partial charge in [-0.05, 0) is 68.9 Å². The summed E-state index contributed by atoms with van der Waals surface area (Å²) in [4.78, 5) is 13.7. The maximum atomic E-state index is 11.6. The van der Waals surface area contributed by atoms with E-state index in [-0.39, 0.29) is 0 Å². The van der Waals surface area contributed by atoms with Crippen molar-refractivity contribution in [2.75, 3.05) is 29.4 Å². The van der Waals surface area contributed by atoms with Crippen LogP contribution in [0.4, 0.5) is 11.5 Å². The van der Waals surface area contributed by atoms with Crippen LogP contribution in [0.5, 0.6) is 0 Å². The van der Waals surface area contributed by atoms with Crippen LogP contribution in [0.1, 0.15) is 56.2 Å². The number of para-hydroxylation sites is 1. The molecule has 198 valence electrons. The molecular weight excluding hydrogens is 486 g/mol. The Labute approximate surface area is 229 Å². The van der Waals surface area contributed by atoms with E-state index in [1.54, 1.807) is 20.0 Å². The number of anilines is 2. The highest BCUT2D eigenvalue weighted by atomic mass is 16.3. The quantitative estimate of drug-likeness (QED) is 0.369. The van der Waals surface area contributed by atoms with Gasteiger partial charge in [-0.1, -0.05) is 36.4 Å². The molecular formula is C32H33N5O2. The van der Waals surface area contributed by atoms with Gasteiger partial charge in [-0.3, -0.25) is 4.98 Å². The fourth-order valence-corrected chi connectivity index (χ4v) is 5.71. The Bertz CT molecular complexity index is 1560. The monoisotopic (exact) mass is 519 g/mol. The smallest absolute Gasteiger partial charge is 0.153 e. The number of nitriles is 1. The highest BCUT2D eigenvalue weighted by molar-refractivity contribution is 5.98. The van der Waals surface area contributed by atoms with E-state index in [0.29, 0.717) is 30.4 Å². The van der Waals surface area contributed by atoms with Crippen molar-refractivity contribution in [2.24, 2.45) is 0 Å². The third-order valence-electron chi connectivity index (χ3n) is 7.97. The van der Waals surface area contributed by atoms with Crippen LogP contribution in [0.3, 0.4) is 0 Å². The van der Waals surface area contributed by atoms with E-state index in [1.165, 1.54) is 5.56 Å². The van der Waals surface area contributed by atoms with E-state index in [4.69, 9.17) is 4.98 Å². The molecule has 1 aliphatic carbocycles. The largest absolute Gasteiger partial charge is 0.386 e. The first kappa shape index (κ1) is 25.3. The average Bonchev–Trinajstić information content (AvgIpc) is 3.76. The predicted molar refractivity (Wildman–Crippen MR) is 154 cm³/mol. The van der Waals surface area contributed by atoms with Crippen molar-refractivity contribution in [1.29, 1.82) is 5.26 Å². The zero-order valence-electron chi connectivity index (χ0n) is 22.6. The minimum atomic E-state index is -1.14. The van der Waals surface area contributed by atoms with Gasteiger partial charge in [0.1, 0.15) is 5.82 Å². The van der Waals surface area contributed by atoms with Crippen molar-refractivity contribution < 1.29 is 10.2 Å². The van der Waals surface area contributed by atoms with Crippen LogP contribution in [0.25, 0.3) is 22.0 Å². The lowest BCUT2D eigenvalue weighted by atomic mass is 9.95. The van der Waals surface area contributed by atoms with Gasteiger partial charge in [0, 0.05) is 35.8 Å². The normalized spacial score (nSPS) is 19.8. The summed E-state index contributed by atoms with van der Waals surface area (Å²) in [6, 6.07) is 19.9. The number of β-amino-alcohol motifs (C(OH)–C–C–N with tert-alkyl or cyclic N) is 1. The average molecular weight is 520 g/mol. The molecule has 39 heavy (non-hydrogen) atoms. The summed E-state index contributed by atoms with van der Waals surface area (Å²) >= 11 is 0. The van der Waals surface area contributed by atoms with E-state index in [2.05, 4.69) is 34.2 Å². The Morgan fingerprint density at radius 1 is 1.00 bits per heavy atom. The molecule has 2 N–H and O–H groups in total. The van der Waals surface area contributed by atoms with Crippen molar-refractivity contribution in [1.82, 2.24) is 9.97 Å². The maximum absolute atomic E-state index is 11.6. The van der Waals surface area contributed by atoms with Crippen LogP contribution in [0, 0.1) is 11.3 Å². The SMILES string of the molecule is CC(C)(O)c1ccc(N2CCN(c3cnc4c(-c5ccc(C#N)cc5)cccc4c3C3CC3)CC2(C)O)nc1. The molecule has 2 fully saturated rings. The highest BCUT2D eigenvalue weighted by Gasteiger charge is 2.39. The number of piperazine rings is 1. The summed E-state index contributed by atoms with van der Waals surface area (Å²) in [5.74, 6) is 1.18. The first-order valence-electron chi connectivity index (χ1n) is 13.5. The van der Waals surface area contributed by atoms with Crippen molar-refractivity contribution >= 4 is 22.4 Å². The van der Waals surface area contributed by atoms with Crippen molar-refractivity contribution in [2.45, 2.75) is 50.9 Å². The van der Waals surface area contributed by atoms with Crippen LogP contribution >= 0.6 is 0 Å². The van der Waals surface area contributed by atoms with Crippen LogP contribution in [0.2, 0.25) is 0 Å². The number of hydrogen-bond donors (Lipinski definition) is 2. The molecule has 3 heterocycles. The fourth-order valence-electron chi connectivity index (χ4n) is 5.71. The van der Waals surface area contributed by atoms with Gasteiger partial charge in [0.25, 0.3) is 0 Å². The van der Waals surface area contributed by atoms with Crippen LogP contribution in [0.15, 0.2) is 67.0 Å². The first-order valence-corrected chi connectivity index (χ1v) is 13.5. The molecule has 7 heteroatoms. The van der Waals surface area contributed by atoms with Gasteiger partial charge >= 0.3 is 0 Å². The fraction of sp³-hybridized carbons (Fsp3) is 0.344. The standard InChI is InChI=1S/C32H33N5O2/c1-31(2,38)24-13-14-28(34-18-24)37-16-15-36(20-32(37,3)39)27-19-35-30-25(22-9-7-21(17-33)8-10-22)5-4-6-26(30)29(27)23-11-12-23/h4-10,13-14,18-19,23,38-39H,11-12,15-16,20H2,1-3H3. The van der Waals surface area contributed by atoms with E-state index < -0.39 is 11.3 Å². The Morgan fingerprint density at radius 3 is 2.38 bits per heavy atom. The van der Waals surface area contributed by atoms with Crippen molar-refractivity contribution in [3.8, 4) is 17.2 Å². The number of hydrogen-bond acceptors (Lipinski definition) is 7. The molecule has 6 rings (SSSR count). The van der Waals surface area contributed by atoms with Gasteiger partial charge in [0.2, 0.25) is 0 Å². The highest BCUT2D eigenvalue weighted by Crippen LogP contribution is 2.48. The molecule has 0 spiro atoms. The van der Waals surface area contributed by atoms with Gasteiger partial charge in [-0.2, -0.15) is 5.26 Å². The molecule has 0 bridgehead atoms. The van der Waals surface area contributed by atoms with Gasteiger partial charge in [0.05, 0.1) is 41.2 Å². The second-order valence-corrected chi connectivity index (χ2v) is 11.5. The number of benzene rings is 2. The summed E-state index contributed by atoms with van der Waals surface area (Å²) in [7, 11) is 0. The Morgan fingerprint density at radius 2 is 1.77 bits per heavy atom. The summed E-state index contributed by atoms with van der Waals surface area (Å²) in [6.45, 7) is 7.06. The molecule has 2 aromatic carbocycles. The number of aliphatic hydroxyl groups is 2. The molecule has 1 unspecified atom stereocenters. The van der Waals surface area contributed by atoms with E-state index in [1.807, 2.05) is 54.4 Å².